The summed E-state index contributed by atoms with van der Waals surface area (Å²) in [5.41, 5.74) is 2.06. The lowest BCUT2D eigenvalue weighted by molar-refractivity contribution is -0.112. The second-order valence-electron chi connectivity index (χ2n) is 8.59. The molecule has 0 amide bonds. The first-order valence-corrected chi connectivity index (χ1v) is 11.3. The topological polar surface area (TPSA) is 41.6 Å². The van der Waals surface area contributed by atoms with E-state index >= 15 is 0 Å². The largest absolute Gasteiger partial charge is 0.376 e. The fourth-order valence-electron chi connectivity index (χ4n) is 4.05. The van der Waals surface area contributed by atoms with Gasteiger partial charge in [0.15, 0.2) is 0 Å². The van der Waals surface area contributed by atoms with Crippen molar-refractivity contribution in [3.05, 3.63) is 77.6 Å². The summed E-state index contributed by atoms with van der Waals surface area (Å²) >= 11 is 6.08. The molecule has 1 aromatic rings. The molecule has 1 aliphatic carbocycles. The van der Waals surface area contributed by atoms with Crippen molar-refractivity contribution in [2.24, 2.45) is 5.92 Å². The highest BCUT2D eigenvalue weighted by atomic mass is 35.5. The lowest BCUT2D eigenvalue weighted by Gasteiger charge is -2.36. The van der Waals surface area contributed by atoms with Crippen LogP contribution >= 0.6 is 11.6 Å². The van der Waals surface area contributed by atoms with Crippen molar-refractivity contribution in [1.82, 2.24) is 10.2 Å². The molecular formula is C26H33ClN2O2. The summed E-state index contributed by atoms with van der Waals surface area (Å²) in [5, 5.41) is 4.14. The number of ether oxygens (including phenoxy) is 1. The quantitative estimate of drug-likeness (QED) is 0.370. The number of hydrogen-bond acceptors (Lipinski definition) is 4. The van der Waals surface area contributed by atoms with E-state index in [1.807, 2.05) is 56.5 Å². The number of aldehydes is 1. The average Bonchev–Trinajstić information content (AvgIpc) is 3.48. The molecule has 2 atom stereocenters. The van der Waals surface area contributed by atoms with Gasteiger partial charge in [-0.05, 0) is 67.4 Å². The van der Waals surface area contributed by atoms with Crippen LogP contribution in [-0.2, 0) is 9.53 Å². The molecule has 2 aliphatic rings. The Morgan fingerprint density at radius 1 is 1.35 bits per heavy atom. The molecule has 0 spiro atoms. The second kappa shape index (κ2) is 10.3. The standard InChI is InChI=1S/C26H33ClN2O2/c1-19(22-10-6-11-24(27)16-22)8-5-9-20(2)26(18-30,23-13-14-23)28-21(3)29(4)17-25-12-7-15-31-25/h5-6,8-11,16,18,23,25,28H,1,3,7,12-15,17H2,2,4H3/b8-5-,20-9+. The first kappa shape index (κ1) is 23.4. The molecule has 0 aromatic heterocycles. The number of likely N-dealkylation sites (N-methyl/N-ethyl adjacent to an activating group) is 1. The maximum atomic E-state index is 12.4. The Morgan fingerprint density at radius 3 is 2.74 bits per heavy atom. The Morgan fingerprint density at radius 2 is 2.13 bits per heavy atom. The molecular weight excluding hydrogens is 408 g/mol. The van der Waals surface area contributed by atoms with E-state index in [4.69, 9.17) is 16.3 Å². The minimum absolute atomic E-state index is 0.229. The van der Waals surface area contributed by atoms with Crippen molar-refractivity contribution in [3.8, 4) is 0 Å². The molecule has 1 aromatic carbocycles. The molecule has 1 heterocycles. The van der Waals surface area contributed by atoms with Crippen molar-refractivity contribution in [1.29, 1.82) is 0 Å². The summed E-state index contributed by atoms with van der Waals surface area (Å²) in [6, 6.07) is 7.62. The monoisotopic (exact) mass is 440 g/mol. The van der Waals surface area contributed by atoms with Crippen LogP contribution in [0.2, 0.25) is 5.02 Å². The van der Waals surface area contributed by atoms with Crippen LogP contribution in [0.15, 0.2) is 67.0 Å². The highest BCUT2D eigenvalue weighted by Gasteiger charge is 2.47. The van der Waals surface area contributed by atoms with Gasteiger partial charge in [0.25, 0.3) is 0 Å². The predicted octanol–water partition coefficient (Wildman–Crippen LogP) is 5.38. The van der Waals surface area contributed by atoms with Crippen LogP contribution in [0.3, 0.4) is 0 Å². The number of carbonyl (C=O) groups excluding carboxylic acids is 1. The van der Waals surface area contributed by atoms with E-state index in [9.17, 15) is 4.79 Å². The zero-order chi connectivity index (χ0) is 22.4. The van der Waals surface area contributed by atoms with Gasteiger partial charge >= 0.3 is 0 Å². The number of allylic oxidation sites excluding steroid dienone is 4. The summed E-state index contributed by atoms with van der Waals surface area (Å²) < 4.78 is 5.74. The third-order valence-corrected chi connectivity index (χ3v) is 6.45. The van der Waals surface area contributed by atoms with Crippen molar-refractivity contribution in [2.45, 2.75) is 44.2 Å². The highest BCUT2D eigenvalue weighted by molar-refractivity contribution is 6.30. The van der Waals surface area contributed by atoms with E-state index in [-0.39, 0.29) is 12.0 Å². The molecule has 31 heavy (non-hydrogen) atoms. The number of carbonyl (C=O) groups is 1. The van der Waals surface area contributed by atoms with E-state index in [1.54, 1.807) is 0 Å². The number of rotatable bonds is 11. The molecule has 2 fully saturated rings. The van der Waals surface area contributed by atoms with E-state index in [2.05, 4.69) is 23.4 Å². The third kappa shape index (κ3) is 5.90. The Bertz CT molecular complexity index is 881. The molecule has 0 bridgehead atoms. The molecule has 1 N–H and O–H groups in total. The minimum atomic E-state index is -0.746. The van der Waals surface area contributed by atoms with Crippen molar-refractivity contribution in [2.75, 3.05) is 20.2 Å². The van der Waals surface area contributed by atoms with Crippen LogP contribution in [0.25, 0.3) is 5.57 Å². The van der Waals surface area contributed by atoms with Gasteiger partial charge in [-0.15, -0.1) is 0 Å². The van der Waals surface area contributed by atoms with Gasteiger partial charge in [-0.1, -0.05) is 55.1 Å². The summed E-state index contributed by atoms with van der Waals surface area (Å²) in [6.45, 7) is 11.9. The SMILES string of the molecule is C=C(/C=C\C=C(/C)C(C=O)(NC(=C)N(C)CC1CCCO1)C1CC1)c1cccc(Cl)c1. The number of benzene rings is 1. The molecule has 4 nitrogen and oxygen atoms in total. The fourth-order valence-corrected chi connectivity index (χ4v) is 4.24. The van der Waals surface area contributed by atoms with Gasteiger partial charge < -0.3 is 19.7 Å². The predicted molar refractivity (Wildman–Crippen MR) is 129 cm³/mol. The maximum Gasteiger partial charge on any atom is 0.149 e. The fraction of sp³-hybridized carbons (Fsp3) is 0.423. The second-order valence-corrected chi connectivity index (χ2v) is 9.03. The van der Waals surface area contributed by atoms with Crippen molar-refractivity contribution in [3.63, 3.8) is 0 Å². The summed E-state index contributed by atoms with van der Waals surface area (Å²) in [5.74, 6) is 1.02. The maximum absolute atomic E-state index is 12.4. The lowest BCUT2D eigenvalue weighted by atomic mass is 9.86. The van der Waals surface area contributed by atoms with Crippen molar-refractivity contribution >= 4 is 23.5 Å². The molecule has 5 heteroatoms. The Kier molecular flexibility index (Phi) is 7.79. The van der Waals surface area contributed by atoms with Crippen LogP contribution in [0.4, 0.5) is 0 Å². The number of halogens is 1. The Hall–Kier alpha value is -2.30. The van der Waals surface area contributed by atoms with Gasteiger partial charge in [-0.2, -0.15) is 0 Å². The normalized spacial score (nSPS) is 21.0. The zero-order valence-electron chi connectivity index (χ0n) is 18.6. The number of nitrogens with one attached hydrogen (secondary N) is 1. The van der Waals surface area contributed by atoms with Gasteiger partial charge in [-0.25, -0.2) is 0 Å². The van der Waals surface area contributed by atoms with Gasteiger partial charge in [0.2, 0.25) is 0 Å². The Labute approximate surface area is 191 Å². The van der Waals surface area contributed by atoms with Crippen LogP contribution < -0.4 is 5.32 Å². The van der Waals surface area contributed by atoms with E-state index < -0.39 is 5.54 Å². The van der Waals surface area contributed by atoms with Crippen LogP contribution in [-0.4, -0.2) is 43.0 Å². The molecule has 1 saturated heterocycles. The first-order valence-electron chi connectivity index (χ1n) is 10.9. The lowest BCUT2D eigenvalue weighted by Crippen LogP contribution is -2.52. The first-order chi connectivity index (χ1) is 14.9. The van der Waals surface area contributed by atoms with Crippen LogP contribution in [0.1, 0.15) is 38.2 Å². The average molecular weight is 441 g/mol. The van der Waals surface area contributed by atoms with Crippen LogP contribution in [0.5, 0.6) is 0 Å². The smallest absolute Gasteiger partial charge is 0.149 e. The Balaban J connectivity index is 1.70. The number of hydrogen-bond donors (Lipinski definition) is 1. The third-order valence-electron chi connectivity index (χ3n) is 6.21. The molecule has 1 saturated carbocycles. The zero-order valence-corrected chi connectivity index (χ0v) is 19.3. The van der Waals surface area contributed by atoms with Crippen LogP contribution in [0, 0.1) is 5.92 Å². The van der Waals surface area contributed by atoms with Gasteiger partial charge in [0.05, 0.1) is 11.9 Å². The molecule has 2 unspecified atom stereocenters. The van der Waals surface area contributed by atoms with Gasteiger partial charge in [0.1, 0.15) is 11.8 Å². The number of nitrogens with zero attached hydrogens (tertiary/aromatic N) is 1. The molecule has 0 radical (unpaired) electrons. The van der Waals surface area contributed by atoms with E-state index in [0.29, 0.717) is 5.02 Å². The van der Waals surface area contributed by atoms with E-state index in [1.165, 1.54) is 0 Å². The highest BCUT2D eigenvalue weighted by Crippen LogP contribution is 2.43. The van der Waals surface area contributed by atoms with Crippen molar-refractivity contribution < 1.29 is 9.53 Å². The van der Waals surface area contributed by atoms with E-state index in [0.717, 1.165) is 67.7 Å². The molecule has 1 aliphatic heterocycles. The van der Waals surface area contributed by atoms with Gasteiger partial charge in [0, 0.05) is 25.2 Å². The van der Waals surface area contributed by atoms with Gasteiger partial charge in [-0.3, -0.25) is 0 Å². The summed E-state index contributed by atoms with van der Waals surface area (Å²) in [7, 11) is 1.99. The summed E-state index contributed by atoms with van der Waals surface area (Å²) in [6.07, 6.45) is 11.4. The molecule has 166 valence electrons. The minimum Gasteiger partial charge on any atom is -0.376 e. The summed E-state index contributed by atoms with van der Waals surface area (Å²) in [4.78, 5) is 14.4. The molecule has 3 rings (SSSR count).